The van der Waals surface area contributed by atoms with Crippen LogP contribution in [-0.2, 0) is 5.41 Å². The second-order valence-electron chi connectivity index (χ2n) is 4.08. The number of hydrogen-bond donors (Lipinski definition) is 1. The normalized spacial score (nSPS) is 16.9. The van der Waals surface area contributed by atoms with E-state index >= 15 is 0 Å². The molecule has 1 N–H and O–H groups in total. The van der Waals surface area contributed by atoms with Crippen molar-refractivity contribution < 1.29 is 14.8 Å². The Hall–Kier alpha value is -1.62. The van der Waals surface area contributed by atoms with Gasteiger partial charge in [0.2, 0.25) is 0 Å². The lowest BCUT2D eigenvalue weighted by Gasteiger charge is -2.15. The van der Waals surface area contributed by atoms with Gasteiger partial charge in [-0.3, -0.25) is 10.1 Å². The number of aliphatic hydroxyl groups excluding tert-OH is 1. The first-order valence-electron chi connectivity index (χ1n) is 5.07. The number of nitro groups is 1. The minimum absolute atomic E-state index is 0.00865. The summed E-state index contributed by atoms with van der Waals surface area (Å²) in [5.74, 6) is 0.487. The Balaban J connectivity index is 2.43. The number of nitrogens with zero attached hydrogens (tertiary/aromatic N) is 1. The zero-order chi connectivity index (χ0) is 11.8. The molecule has 0 amide bonds. The summed E-state index contributed by atoms with van der Waals surface area (Å²) in [5, 5.41) is 19.9. The van der Waals surface area contributed by atoms with Crippen molar-refractivity contribution in [1.82, 2.24) is 0 Å². The number of hydrogen-bond acceptors (Lipinski definition) is 4. The van der Waals surface area contributed by atoms with Crippen molar-refractivity contribution in [3.05, 3.63) is 33.9 Å². The Morgan fingerprint density at radius 2 is 2.25 bits per heavy atom. The largest absolute Gasteiger partial charge is 0.496 e. The Morgan fingerprint density at radius 3 is 2.69 bits per heavy atom. The summed E-state index contributed by atoms with van der Waals surface area (Å²) in [6, 6.07) is 4.54. The first-order chi connectivity index (χ1) is 7.63. The van der Waals surface area contributed by atoms with E-state index in [9.17, 15) is 15.2 Å². The molecule has 0 spiro atoms. The van der Waals surface area contributed by atoms with Crippen LogP contribution in [0.4, 0.5) is 5.69 Å². The van der Waals surface area contributed by atoms with Crippen LogP contribution in [0.15, 0.2) is 18.2 Å². The molecule has 1 aromatic carbocycles. The maximum Gasteiger partial charge on any atom is 0.273 e. The zero-order valence-corrected chi connectivity index (χ0v) is 8.97. The highest BCUT2D eigenvalue weighted by atomic mass is 16.6. The van der Waals surface area contributed by atoms with Crippen molar-refractivity contribution in [2.75, 3.05) is 13.7 Å². The van der Waals surface area contributed by atoms with E-state index in [2.05, 4.69) is 0 Å². The van der Waals surface area contributed by atoms with Gasteiger partial charge in [0.05, 0.1) is 24.7 Å². The maximum absolute atomic E-state index is 10.6. The fraction of sp³-hybridized carbons (Fsp3) is 0.455. The van der Waals surface area contributed by atoms with Crippen LogP contribution in [0.2, 0.25) is 0 Å². The van der Waals surface area contributed by atoms with Crippen LogP contribution >= 0.6 is 0 Å². The molecule has 1 aliphatic carbocycles. The quantitative estimate of drug-likeness (QED) is 0.622. The highest BCUT2D eigenvalue weighted by Gasteiger charge is 2.45. The Labute approximate surface area is 92.8 Å². The average Bonchev–Trinajstić information content (AvgIpc) is 3.09. The number of benzene rings is 1. The van der Waals surface area contributed by atoms with E-state index in [0.717, 1.165) is 18.4 Å². The number of methoxy groups -OCH3 is 1. The topological polar surface area (TPSA) is 72.6 Å². The van der Waals surface area contributed by atoms with Gasteiger partial charge in [-0.2, -0.15) is 0 Å². The second kappa shape index (κ2) is 3.75. The van der Waals surface area contributed by atoms with E-state index in [1.165, 1.54) is 19.2 Å². The molecule has 86 valence electrons. The van der Waals surface area contributed by atoms with Crippen molar-refractivity contribution in [3.63, 3.8) is 0 Å². The standard InChI is InChI=1S/C11H13NO4/c1-16-10-6-8(12(14)15)2-3-9(10)11(7-13)4-5-11/h2-3,6,13H,4-5,7H2,1H3. The molecule has 1 aliphatic rings. The fourth-order valence-corrected chi connectivity index (χ4v) is 1.90. The molecule has 0 aromatic heterocycles. The summed E-state index contributed by atoms with van der Waals surface area (Å²) in [6.07, 6.45) is 1.80. The van der Waals surface area contributed by atoms with Gasteiger partial charge in [0.25, 0.3) is 5.69 Å². The van der Waals surface area contributed by atoms with Crippen molar-refractivity contribution >= 4 is 5.69 Å². The average molecular weight is 223 g/mol. The van der Waals surface area contributed by atoms with Gasteiger partial charge in [-0.05, 0) is 18.9 Å². The predicted octanol–water partition coefficient (Wildman–Crippen LogP) is 1.63. The Morgan fingerprint density at radius 1 is 1.56 bits per heavy atom. The van der Waals surface area contributed by atoms with Crippen LogP contribution in [0.3, 0.4) is 0 Å². The molecule has 0 aliphatic heterocycles. The van der Waals surface area contributed by atoms with E-state index < -0.39 is 4.92 Å². The summed E-state index contributed by atoms with van der Waals surface area (Å²) >= 11 is 0. The second-order valence-corrected chi connectivity index (χ2v) is 4.08. The number of aliphatic hydroxyl groups is 1. The van der Waals surface area contributed by atoms with Gasteiger partial charge < -0.3 is 9.84 Å². The van der Waals surface area contributed by atoms with Crippen LogP contribution in [0.5, 0.6) is 5.75 Å². The van der Waals surface area contributed by atoms with Crippen LogP contribution < -0.4 is 4.74 Å². The predicted molar refractivity (Wildman–Crippen MR) is 57.6 cm³/mol. The Kier molecular flexibility index (Phi) is 2.55. The van der Waals surface area contributed by atoms with Gasteiger partial charge in [0, 0.05) is 17.0 Å². The minimum Gasteiger partial charge on any atom is -0.496 e. The summed E-state index contributed by atoms with van der Waals surface area (Å²) < 4.78 is 5.15. The summed E-state index contributed by atoms with van der Waals surface area (Å²) in [6.45, 7) is 0.0567. The molecule has 16 heavy (non-hydrogen) atoms. The van der Waals surface area contributed by atoms with Crippen LogP contribution in [0.25, 0.3) is 0 Å². The smallest absolute Gasteiger partial charge is 0.273 e. The summed E-state index contributed by atoms with van der Waals surface area (Å²) in [7, 11) is 1.48. The number of rotatable bonds is 4. The van der Waals surface area contributed by atoms with Gasteiger partial charge in [-0.1, -0.05) is 0 Å². The van der Waals surface area contributed by atoms with E-state index in [0.29, 0.717) is 5.75 Å². The molecular formula is C11H13NO4. The van der Waals surface area contributed by atoms with Crippen LogP contribution in [0.1, 0.15) is 18.4 Å². The molecule has 1 fully saturated rings. The molecule has 5 heteroatoms. The van der Waals surface area contributed by atoms with Gasteiger partial charge in [0.1, 0.15) is 5.75 Å². The molecule has 0 heterocycles. The lowest BCUT2D eigenvalue weighted by molar-refractivity contribution is -0.384. The highest BCUT2D eigenvalue weighted by molar-refractivity contribution is 5.50. The van der Waals surface area contributed by atoms with E-state index in [1.54, 1.807) is 6.07 Å². The van der Waals surface area contributed by atoms with Crippen molar-refractivity contribution in [3.8, 4) is 5.75 Å². The summed E-state index contributed by atoms with van der Waals surface area (Å²) in [5.41, 5.74) is 0.637. The first-order valence-corrected chi connectivity index (χ1v) is 5.07. The molecule has 0 radical (unpaired) electrons. The molecule has 0 atom stereocenters. The number of nitro benzene ring substituents is 1. The lowest BCUT2D eigenvalue weighted by atomic mass is 9.95. The lowest BCUT2D eigenvalue weighted by Crippen LogP contribution is -2.13. The maximum atomic E-state index is 10.6. The SMILES string of the molecule is COc1cc([N+](=O)[O-])ccc1C1(CO)CC1. The Bertz CT molecular complexity index is 426. The first kappa shape index (κ1) is 10.9. The molecule has 0 unspecified atom stereocenters. The molecule has 2 rings (SSSR count). The van der Waals surface area contributed by atoms with Crippen molar-refractivity contribution in [1.29, 1.82) is 0 Å². The van der Waals surface area contributed by atoms with Crippen LogP contribution in [-0.4, -0.2) is 23.7 Å². The van der Waals surface area contributed by atoms with Gasteiger partial charge in [-0.25, -0.2) is 0 Å². The fourth-order valence-electron chi connectivity index (χ4n) is 1.90. The summed E-state index contributed by atoms with van der Waals surface area (Å²) in [4.78, 5) is 10.2. The number of ether oxygens (including phenoxy) is 1. The number of non-ortho nitro benzene ring substituents is 1. The van der Waals surface area contributed by atoms with E-state index in [1.807, 2.05) is 0 Å². The molecule has 1 saturated carbocycles. The highest BCUT2D eigenvalue weighted by Crippen LogP contribution is 2.51. The van der Waals surface area contributed by atoms with E-state index in [-0.39, 0.29) is 17.7 Å². The molecule has 0 saturated heterocycles. The monoisotopic (exact) mass is 223 g/mol. The van der Waals surface area contributed by atoms with Crippen LogP contribution in [0, 0.1) is 10.1 Å². The third-order valence-electron chi connectivity index (χ3n) is 3.12. The van der Waals surface area contributed by atoms with Gasteiger partial charge >= 0.3 is 0 Å². The minimum atomic E-state index is -0.454. The van der Waals surface area contributed by atoms with E-state index in [4.69, 9.17) is 4.74 Å². The zero-order valence-electron chi connectivity index (χ0n) is 8.97. The van der Waals surface area contributed by atoms with Gasteiger partial charge in [-0.15, -0.1) is 0 Å². The molecule has 0 bridgehead atoms. The third kappa shape index (κ3) is 1.63. The van der Waals surface area contributed by atoms with Crippen molar-refractivity contribution in [2.45, 2.75) is 18.3 Å². The third-order valence-corrected chi connectivity index (χ3v) is 3.12. The molecular weight excluding hydrogens is 210 g/mol. The molecule has 5 nitrogen and oxygen atoms in total. The van der Waals surface area contributed by atoms with Crippen molar-refractivity contribution in [2.24, 2.45) is 0 Å². The van der Waals surface area contributed by atoms with Gasteiger partial charge in [0.15, 0.2) is 0 Å². The molecule has 1 aromatic rings.